The van der Waals surface area contributed by atoms with Crippen molar-refractivity contribution >= 4 is 11.3 Å². The smallest absolute Gasteiger partial charge is 0.135 e. The Morgan fingerprint density at radius 2 is 2.06 bits per heavy atom. The van der Waals surface area contributed by atoms with E-state index in [1.165, 1.54) is 9.75 Å². The van der Waals surface area contributed by atoms with Crippen LogP contribution in [0.1, 0.15) is 34.1 Å². The van der Waals surface area contributed by atoms with Crippen molar-refractivity contribution in [2.75, 3.05) is 0 Å². The quantitative estimate of drug-likeness (QED) is 0.881. The number of rotatable bonds is 4. The van der Waals surface area contributed by atoms with Crippen LogP contribution < -0.4 is 0 Å². The molecule has 86 valence electrons. The van der Waals surface area contributed by atoms with Crippen molar-refractivity contribution in [2.45, 2.75) is 32.8 Å². The fraction of sp³-hybridized carbons (Fsp3) is 0.385. The maximum Gasteiger partial charge on any atom is 0.135 e. The highest BCUT2D eigenvalue weighted by atomic mass is 32.1. The normalized spacial score (nSPS) is 12.9. The summed E-state index contributed by atoms with van der Waals surface area (Å²) < 4.78 is 5.29. The van der Waals surface area contributed by atoms with Gasteiger partial charge in [0.1, 0.15) is 11.9 Å². The predicted octanol–water partition coefficient (Wildman–Crippen LogP) is 3.49. The molecule has 0 aromatic carbocycles. The van der Waals surface area contributed by atoms with Crippen molar-refractivity contribution in [3.05, 3.63) is 45.5 Å². The zero-order valence-corrected chi connectivity index (χ0v) is 10.4. The summed E-state index contributed by atoms with van der Waals surface area (Å²) in [6, 6.07) is 6.09. The monoisotopic (exact) mass is 236 g/mol. The molecule has 1 N–H and O–H groups in total. The molecule has 0 aliphatic heterocycles. The van der Waals surface area contributed by atoms with Gasteiger partial charge in [0, 0.05) is 16.2 Å². The largest absolute Gasteiger partial charge is 0.466 e. The molecule has 2 heterocycles. The maximum absolute atomic E-state index is 10.0. The van der Waals surface area contributed by atoms with Gasteiger partial charge >= 0.3 is 0 Å². The zero-order valence-electron chi connectivity index (χ0n) is 9.56. The van der Waals surface area contributed by atoms with Crippen molar-refractivity contribution in [2.24, 2.45) is 0 Å². The highest BCUT2D eigenvalue weighted by Gasteiger charge is 2.15. The van der Waals surface area contributed by atoms with Crippen LogP contribution in [-0.2, 0) is 12.8 Å². The summed E-state index contributed by atoms with van der Waals surface area (Å²) in [5.41, 5.74) is 1.01. The van der Waals surface area contributed by atoms with Gasteiger partial charge in [-0.2, -0.15) is 0 Å². The van der Waals surface area contributed by atoms with Gasteiger partial charge in [0.2, 0.25) is 0 Å². The van der Waals surface area contributed by atoms with Gasteiger partial charge in [-0.3, -0.25) is 0 Å². The Morgan fingerprint density at radius 1 is 1.31 bits per heavy atom. The van der Waals surface area contributed by atoms with Crippen LogP contribution in [0, 0.1) is 6.92 Å². The molecule has 0 aliphatic carbocycles. The number of hydrogen-bond acceptors (Lipinski definition) is 3. The average molecular weight is 236 g/mol. The topological polar surface area (TPSA) is 33.4 Å². The van der Waals surface area contributed by atoms with Gasteiger partial charge in [-0.15, -0.1) is 11.3 Å². The fourth-order valence-corrected chi connectivity index (χ4v) is 2.73. The van der Waals surface area contributed by atoms with E-state index in [0.717, 1.165) is 12.0 Å². The maximum atomic E-state index is 10.0. The van der Waals surface area contributed by atoms with E-state index in [1.54, 1.807) is 17.6 Å². The fourth-order valence-electron chi connectivity index (χ4n) is 1.73. The van der Waals surface area contributed by atoms with Crippen molar-refractivity contribution in [1.82, 2.24) is 0 Å². The van der Waals surface area contributed by atoms with Crippen LogP contribution in [0.15, 0.2) is 28.9 Å². The lowest BCUT2D eigenvalue weighted by Gasteiger charge is -2.07. The van der Waals surface area contributed by atoms with Crippen molar-refractivity contribution in [3.8, 4) is 0 Å². The SMILES string of the molecule is CCc1ccc(CC(O)c2occc2C)s1. The standard InChI is InChI=1S/C13H16O2S/c1-3-10-4-5-11(16-10)8-12(14)13-9(2)6-7-15-13/h4-7,12,14H,3,8H2,1-2H3. The molecule has 2 nitrogen and oxygen atoms in total. The number of aryl methyl sites for hydroxylation is 2. The molecule has 16 heavy (non-hydrogen) atoms. The number of hydrogen-bond donors (Lipinski definition) is 1. The first-order valence-corrected chi connectivity index (χ1v) is 6.32. The lowest BCUT2D eigenvalue weighted by atomic mass is 10.1. The molecule has 0 spiro atoms. The zero-order chi connectivity index (χ0) is 11.5. The first kappa shape index (κ1) is 11.4. The third-order valence-corrected chi connectivity index (χ3v) is 3.92. The van der Waals surface area contributed by atoms with Crippen molar-refractivity contribution in [3.63, 3.8) is 0 Å². The summed E-state index contributed by atoms with van der Waals surface area (Å²) >= 11 is 1.76. The summed E-state index contributed by atoms with van der Waals surface area (Å²) in [4.78, 5) is 2.57. The number of thiophene rings is 1. The summed E-state index contributed by atoms with van der Waals surface area (Å²) in [5, 5.41) is 10.0. The second-order valence-corrected chi connectivity index (χ2v) is 5.16. The molecule has 0 saturated carbocycles. The Balaban J connectivity index is 2.07. The van der Waals surface area contributed by atoms with E-state index >= 15 is 0 Å². The van der Waals surface area contributed by atoms with Gasteiger partial charge in [0.05, 0.1) is 6.26 Å². The van der Waals surface area contributed by atoms with Gasteiger partial charge in [-0.05, 0) is 37.1 Å². The molecule has 0 amide bonds. The van der Waals surface area contributed by atoms with E-state index in [-0.39, 0.29) is 0 Å². The molecule has 0 bridgehead atoms. The van der Waals surface area contributed by atoms with Gasteiger partial charge in [-0.25, -0.2) is 0 Å². The van der Waals surface area contributed by atoms with E-state index in [0.29, 0.717) is 12.2 Å². The minimum atomic E-state index is -0.529. The van der Waals surface area contributed by atoms with Crippen LogP contribution in [0.4, 0.5) is 0 Å². The summed E-state index contributed by atoms with van der Waals surface area (Å²) in [5.74, 6) is 0.687. The third-order valence-electron chi connectivity index (χ3n) is 2.66. The van der Waals surface area contributed by atoms with Gasteiger partial charge in [0.15, 0.2) is 0 Å². The van der Waals surface area contributed by atoms with E-state index in [2.05, 4.69) is 19.1 Å². The van der Waals surface area contributed by atoms with Gasteiger partial charge in [-0.1, -0.05) is 6.92 Å². The summed E-state index contributed by atoms with van der Waals surface area (Å²) in [6.07, 6.45) is 2.79. The van der Waals surface area contributed by atoms with E-state index in [9.17, 15) is 5.11 Å². The molecule has 0 radical (unpaired) electrons. The van der Waals surface area contributed by atoms with Crippen LogP contribution in [0.5, 0.6) is 0 Å². The molecule has 0 fully saturated rings. The molecule has 2 rings (SSSR count). The molecule has 0 saturated heterocycles. The Labute approximate surface area is 99.5 Å². The summed E-state index contributed by atoms with van der Waals surface area (Å²) in [6.45, 7) is 4.09. The second-order valence-electron chi connectivity index (χ2n) is 3.91. The highest BCUT2D eigenvalue weighted by Crippen LogP contribution is 2.26. The van der Waals surface area contributed by atoms with Gasteiger partial charge < -0.3 is 9.52 Å². The van der Waals surface area contributed by atoms with E-state index < -0.39 is 6.10 Å². The molecule has 0 aliphatic rings. The van der Waals surface area contributed by atoms with Crippen LogP contribution >= 0.6 is 11.3 Å². The van der Waals surface area contributed by atoms with Crippen molar-refractivity contribution < 1.29 is 9.52 Å². The first-order valence-electron chi connectivity index (χ1n) is 5.50. The molecule has 1 atom stereocenters. The minimum Gasteiger partial charge on any atom is -0.466 e. The van der Waals surface area contributed by atoms with E-state index in [1.807, 2.05) is 13.0 Å². The van der Waals surface area contributed by atoms with Crippen LogP contribution in [0.2, 0.25) is 0 Å². The lowest BCUT2D eigenvalue weighted by molar-refractivity contribution is 0.150. The van der Waals surface area contributed by atoms with Crippen LogP contribution in [0.25, 0.3) is 0 Å². The molecular weight excluding hydrogens is 220 g/mol. The lowest BCUT2D eigenvalue weighted by Crippen LogP contribution is -2.00. The van der Waals surface area contributed by atoms with Crippen LogP contribution in [0.3, 0.4) is 0 Å². The Hall–Kier alpha value is -1.06. The first-order chi connectivity index (χ1) is 7.70. The Bertz CT molecular complexity index is 456. The number of furan rings is 1. The Morgan fingerprint density at radius 3 is 2.62 bits per heavy atom. The average Bonchev–Trinajstić information content (AvgIpc) is 2.86. The van der Waals surface area contributed by atoms with Gasteiger partial charge in [0.25, 0.3) is 0 Å². The molecule has 2 aromatic rings. The second kappa shape index (κ2) is 4.85. The predicted molar refractivity (Wildman–Crippen MR) is 65.8 cm³/mol. The summed E-state index contributed by atoms with van der Waals surface area (Å²) in [7, 11) is 0. The minimum absolute atomic E-state index is 0.529. The van der Waals surface area contributed by atoms with E-state index in [4.69, 9.17) is 4.42 Å². The Kier molecular flexibility index (Phi) is 3.46. The van der Waals surface area contributed by atoms with Crippen molar-refractivity contribution in [1.29, 1.82) is 0 Å². The van der Waals surface area contributed by atoms with Crippen LogP contribution in [-0.4, -0.2) is 5.11 Å². The molecular formula is C13H16O2S. The highest BCUT2D eigenvalue weighted by molar-refractivity contribution is 7.11. The third kappa shape index (κ3) is 2.36. The molecule has 1 unspecified atom stereocenters. The number of aliphatic hydroxyl groups excluding tert-OH is 1. The number of aliphatic hydroxyl groups is 1. The molecule has 2 aromatic heterocycles. The molecule has 3 heteroatoms.